The van der Waals surface area contributed by atoms with Gasteiger partial charge in [-0.05, 0) is 38.5 Å². The molecule has 0 spiro atoms. The molecule has 116 valence electrons. The number of hydrogen-bond acceptors (Lipinski definition) is 4. The third-order valence-electron chi connectivity index (χ3n) is 4.66. The van der Waals surface area contributed by atoms with Crippen LogP contribution in [0.5, 0.6) is 0 Å². The van der Waals surface area contributed by atoms with Crippen molar-refractivity contribution in [2.24, 2.45) is 0 Å². The molecular formula is C17H26N2OS. The van der Waals surface area contributed by atoms with Crippen molar-refractivity contribution in [1.82, 2.24) is 5.32 Å². The van der Waals surface area contributed by atoms with Gasteiger partial charge in [0.05, 0.1) is 13.2 Å². The van der Waals surface area contributed by atoms with E-state index in [1.54, 1.807) is 0 Å². The van der Waals surface area contributed by atoms with E-state index in [4.69, 9.17) is 4.74 Å². The summed E-state index contributed by atoms with van der Waals surface area (Å²) in [6.07, 6.45) is 0. The number of benzene rings is 1. The zero-order valence-corrected chi connectivity index (χ0v) is 14.1. The number of ether oxygens (including phenoxy) is 1. The van der Waals surface area contributed by atoms with Crippen molar-refractivity contribution in [3.05, 3.63) is 29.8 Å². The quantitative estimate of drug-likeness (QED) is 0.924. The number of nitrogens with zero attached hydrogens (tertiary/aromatic N) is 1. The monoisotopic (exact) mass is 306 g/mol. The predicted octanol–water partition coefficient (Wildman–Crippen LogP) is 3.07. The molecule has 2 saturated heterocycles. The zero-order chi connectivity index (χ0) is 14.9. The van der Waals surface area contributed by atoms with Gasteiger partial charge in [0, 0.05) is 41.4 Å². The van der Waals surface area contributed by atoms with Crippen LogP contribution in [0.3, 0.4) is 0 Å². The number of hydrogen-bond donors (Lipinski definition) is 1. The van der Waals surface area contributed by atoms with Gasteiger partial charge < -0.3 is 15.0 Å². The molecule has 0 saturated carbocycles. The van der Waals surface area contributed by atoms with Crippen LogP contribution in [0.4, 0.5) is 5.69 Å². The van der Waals surface area contributed by atoms with Gasteiger partial charge in [0.25, 0.3) is 0 Å². The van der Waals surface area contributed by atoms with Gasteiger partial charge in [-0.25, -0.2) is 0 Å². The summed E-state index contributed by atoms with van der Waals surface area (Å²) in [5.41, 5.74) is 2.71. The molecule has 2 fully saturated rings. The molecular weight excluding hydrogens is 280 g/mol. The molecule has 0 radical (unpaired) electrons. The first-order valence-corrected chi connectivity index (χ1v) is 8.87. The van der Waals surface area contributed by atoms with E-state index in [9.17, 15) is 0 Å². The van der Waals surface area contributed by atoms with E-state index in [2.05, 4.69) is 55.3 Å². The van der Waals surface area contributed by atoms with Crippen LogP contribution in [0.25, 0.3) is 0 Å². The average molecular weight is 306 g/mol. The summed E-state index contributed by atoms with van der Waals surface area (Å²) in [5.74, 6) is 1.22. The Morgan fingerprint density at radius 1 is 1.33 bits per heavy atom. The van der Waals surface area contributed by atoms with Gasteiger partial charge >= 0.3 is 0 Å². The highest BCUT2D eigenvalue weighted by atomic mass is 32.2. The van der Waals surface area contributed by atoms with E-state index in [0.717, 1.165) is 26.3 Å². The SMILES string of the molecule is CC(NC1CSC1(C)C)c1cccc(N2CCOCC2)c1. The van der Waals surface area contributed by atoms with Crippen LogP contribution < -0.4 is 10.2 Å². The van der Waals surface area contributed by atoms with Gasteiger partial charge in [0.15, 0.2) is 0 Å². The van der Waals surface area contributed by atoms with E-state index < -0.39 is 0 Å². The molecule has 2 unspecified atom stereocenters. The van der Waals surface area contributed by atoms with E-state index in [1.165, 1.54) is 17.0 Å². The van der Waals surface area contributed by atoms with E-state index in [-0.39, 0.29) is 0 Å². The Morgan fingerprint density at radius 2 is 2.10 bits per heavy atom. The average Bonchev–Trinajstić information content (AvgIpc) is 2.52. The lowest BCUT2D eigenvalue weighted by Gasteiger charge is -2.45. The third kappa shape index (κ3) is 3.38. The van der Waals surface area contributed by atoms with Crippen molar-refractivity contribution >= 4 is 17.4 Å². The van der Waals surface area contributed by atoms with Crippen molar-refractivity contribution in [2.75, 3.05) is 37.0 Å². The summed E-state index contributed by atoms with van der Waals surface area (Å²) in [4.78, 5) is 2.42. The fourth-order valence-electron chi connectivity index (χ4n) is 2.96. The van der Waals surface area contributed by atoms with E-state index >= 15 is 0 Å². The number of morpholine rings is 1. The molecule has 0 aromatic heterocycles. The Bertz CT molecular complexity index is 485. The minimum atomic E-state index is 0.371. The topological polar surface area (TPSA) is 24.5 Å². The summed E-state index contributed by atoms with van der Waals surface area (Å²) in [6, 6.07) is 9.98. The van der Waals surface area contributed by atoms with Gasteiger partial charge in [-0.15, -0.1) is 0 Å². The van der Waals surface area contributed by atoms with Crippen LogP contribution in [0.1, 0.15) is 32.4 Å². The second kappa shape index (κ2) is 6.19. The van der Waals surface area contributed by atoms with Gasteiger partial charge in [0.2, 0.25) is 0 Å². The molecule has 3 rings (SSSR count). The number of rotatable bonds is 4. The molecule has 1 N–H and O–H groups in total. The Kier molecular flexibility index (Phi) is 4.48. The molecule has 0 aliphatic carbocycles. The normalized spacial score (nSPS) is 26.2. The maximum atomic E-state index is 5.44. The smallest absolute Gasteiger partial charge is 0.0642 e. The number of nitrogens with one attached hydrogen (secondary N) is 1. The summed E-state index contributed by atoms with van der Waals surface area (Å²) in [5, 5.41) is 3.79. The Labute approximate surface area is 132 Å². The predicted molar refractivity (Wildman–Crippen MR) is 91.3 cm³/mol. The Balaban J connectivity index is 1.67. The number of thioether (sulfide) groups is 1. The summed E-state index contributed by atoms with van der Waals surface area (Å²) in [6.45, 7) is 10.6. The Morgan fingerprint density at radius 3 is 2.71 bits per heavy atom. The molecule has 2 aliphatic rings. The summed E-state index contributed by atoms with van der Waals surface area (Å²) < 4.78 is 5.81. The van der Waals surface area contributed by atoms with Crippen molar-refractivity contribution in [3.63, 3.8) is 0 Å². The van der Waals surface area contributed by atoms with E-state index in [1.807, 2.05) is 11.8 Å². The first-order valence-electron chi connectivity index (χ1n) is 7.89. The molecule has 3 nitrogen and oxygen atoms in total. The minimum absolute atomic E-state index is 0.371. The maximum absolute atomic E-state index is 5.44. The second-order valence-corrected chi connectivity index (χ2v) is 8.22. The fraction of sp³-hybridized carbons (Fsp3) is 0.647. The molecule has 0 bridgehead atoms. The highest BCUT2D eigenvalue weighted by Crippen LogP contribution is 2.41. The molecule has 1 aromatic rings. The van der Waals surface area contributed by atoms with E-state index in [0.29, 0.717) is 16.8 Å². The second-order valence-electron chi connectivity index (χ2n) is 6.55. The first-order chi connectivity index (χ1) is 10.1. The van der Waals surface area contributed by atoms with Crippen LogP contribution in [-0.2, 0) is 4.74 Å². The van der Waals surface area contributed by atoms with Gasteiger partial charge in [-0.3, -0.25) is 0 Å². The van der Waals surface area contributed by atoms with Crippen LogP contribution >= 0.6 is 11.8 Å². The van der Waals surface area contributed by atoms with Gasteiger partial charge in [0.1, 0.15) is 0 Å². The van der Waals surface area contributed by atoms with Crippen LogP contribution in [-0.4, -0.2) is 42.8 Å². The lowest BCUT2D eigenvalue weighted by Crippen LogP contribution is -2.55. The van der Waals surface area contributed by atoms with Crippen LogP contribution in [0.2, 0.25) is 0 Å². The van der Waals surface area contributed by atoms with Crippen molar-refractivity contribution < 1.29 is 4.74 Å². The standard InChI is InChI=1S/C17H26N2OS/c1-13(18-16-12-21-17(16,2)3)14-5-4-6-15(11-14)19-7-9-20-10-8-19/h4-6,11,13,16,18H,7-10,12H2,1-3H3. The largest absolute Gasteiger partial charge is 0.378 e. The first kappa shape index (κ1) is 15.2. The molecule has 1 aromatic carbocycles. The lowest BCUT2D eigenvalue weighted by atomic mass is 10.00. The van der Waals surface area contributed by atoms with Crippen LogP contribution in [0, 0.1) is 0 Å². The van der Waals surface area contributed by atoms with Crippen molar-refractivity contribution in [2.45, 2.75) is 37.6 Å². The molecule has 2 heterocycles. The molecule has 2 atom stereocenters. The summed E-state index contributed by atoms with van der Waals surface area (Å²) >= 11 is 2.05. The minimum Gasteiger partial charge on any atom is -0.378 e. The molecule has 2 aliphatic heterocycles. The third-order valence-corrected chi connectivity index (χ3v) is 6.19. The molecule has 21 heavy (non-hydrogen) atoms. The zero-order valence-electron chi connectivity index (χ0n) is 13.3. The van der Waals surface area contributed by atoms with Crippen molar-refractivity contribution in [3.8, 4) is 0 Å². The lowest BCUT2D eigenvalue weighted by molar-refractivity contribution is 0.122. The Hall–Kier alpha value is -0.710. The fourth-order valence-corrected chi connectivity index (χ4v) is 4.12. The molecule has 4 heteroatoms. The summed E-state index contributed by atoms with van der Waals surface area (Å²) in [7, 11) is 0. The van der Waals surface area contributed by atoms with Gasteiger partial charge in [-0.2, -0.15) is 11.8 Å². The van der Waals surface area contributed by atoms with Crippen molar-refractivity contribution in [1.29, 1.82) is 0 Å². The number of anilines is 1. The molecule has 0 amide bonds. The van der Waals surface area contributed by atoms with Gasteiger partial charge in [-0.1, -0.05) is 12.1 Å². The highest BCUT2D eigenvalue weighted by Gasteiger charge is 2.39. The highest BCUT2D eigenvalue weighted by molar-refractivity contribution is 8.02. The maximum Gasteiger partial charge on any atom is 0.0642 e. The van der Waals surface area contributed by atoms with Crippen LogP contribution in [0.15, 0.2) is 24.3 Å².